The maximum Gasteiger partial charge on any atom is 0.127 e. The van der Waals surface area contributed by atoms with Crippen LogP contribution in [0.25, 0.3) is 33.6 Å². The number of aromatic nitrogens is 2. The van der Waals surface area contributed by atoms with Crippen LogP contribution in [0.15, 0.2) is 119 Å². The predicted octanol–water partition coefficient (Wildman–Crippen LogP) is 9.62. The monoisotopic (exact) mass is 648 g/mol. The van der Waals surface area contributed by atoms with Crippen LogP contribution in [0.4, 0.5) is 11.6 Å². The SMILES string of the molecule is N#Cc1c(-c2ccc(Cl)cc2)c(SSc2c(-c3ccc(Cl)cc3)c(C#N)c(N)n2-c2ccccc2)n(-c2ccccc2)c1N. The van der Waals surface area contributed by atoms with Gasteiger partial charge in [0.05, 0.1) is 0 Å². The Kier molecular flexibility index (Phi) is 8.34. The van der Waals surface area contributed by atoms with Gasteiger partial charge in [-0.3, -0.25) is 9.13 Å². The van der Waals surface area contributed by atoms with Gasteiger partial charge < -0.3 is 11.5 Å². The first-order valence-electron chi connectivity index (χ1n) is 13.3. The van der Waals surface area contributed by atoms with E-state index in [1.165, 1.54) is 21.6 Å². The van der Waals surface area contributed by atoms with Crippen LogP contribution in [0.2, 0.25) is 10.0 Å². The third-order valence-corrected chi connectivity index (χ3v) is 9.92. The second-order valence-corrected chi connectivity index (χ2v) is 12.6. The minimum absolute atomic E-state index is 0.320. The Bertz CT molecular complexity index is 1910. The molecule has 0 fully saturated rings. The third-order valence-electron chi connectivity index (χ3n) is 7.05. The van der Waals surface area contributed by atoms with Crippen LogP contribution >= 0.6 is 44.8 Å². The molecule has 0 atom stereocenters. The van der Waals surface area contributed by atoms with Crippen LogP contribution in [0, 0.1) is 22.7 Å². The standard InChI is InChI=1S/C34H22Cl2N6S2/c35-23-15-11-21(12-16-23)29-27(19-37)31(39)41(25-7-3-1-4-8-25)33(29)43-44-34-30(22-13-17-24(36)18-14-22)28(20-38)32(40)42(34)26-9-5-2-6-10-26/h1-18H,39-40H2. The van der Waals surface area contributed by atoms with Crippen molar-refractivity contribution in [3.63, 3.8) is 0 Å². The molecule has 0 amide bonds. The van der Waals surface area contributed by atoms with Gasteiger partial charge in [0.15, 0.2) is 0 Å². The normalized spacial score (nSPS) is 10.8. The van der Waals surface area contributed by atoms with Gasteiger partial charge in [0, 0.05) is 32.5 Å². The molecule has 4 N–H and O–H groups in total. The van der Waals surface area contributed by atoms with Gasteiger partial charge in [0.2, 0.25) is 0 Å². The lowest BCUT2D eigenvalue weighted by molar-refractivity contribution is 0.969. The predicted molar refractivity (Wildman–Crippen MR) is 182 cm³/mol. The van der Waals surface area contributed by atoms with Crippen molar-refractivity contribution in [3.8, 4) is 45.8 Å². The van der Waals surface area contributed by atoms with E-state index in [1.54, 1.807) is 24.3 Å². The lowest BCUT2D eigenvalue weighted by Crippen LogP contribution is -2.02. The molecular weight excluding hydrogens is 627 g/mol. The Morgan fingerprint density at radius 2 is 0.864 bits per heavy atom. The van der Waals surface area contributed by atoms with E-state index in [4.69, 9.17) is 34.7 Å². The summed E-state index contributed by atoms with van der Waals surface area (Å²) in [4.78, 5) is 0. The number of nitrogens with two attached hydrogens (primary N) is 2. The fourth-order valence-electron chi connectivity index (χ4n) is 5.03. The summed E-state index contributed by atoms with van der Waals surface area (Å²) in [7, 11) is 2.86. The maximum absolute atomic E-state index is 10.3. The van der Waals surface area contributed by atoms with Crippen molar-refractivity contribution in [3.05, 3.63) is 130 Å². The Hall–Kier alpha value is -4.70. The fourth-order valence-corrected chi connectivity index (χ4v) is 8.03. The first-order chi connectivity index (χ1) is 21.4. The molecule has 0 aliphatic carbocycles. The van der Waals surface area contributed by atoms with Crippen molar-refractivity contribution in [2.75, 3.05) is 11.5 Å². The number of benzene rings is 4. The molecular formula is C34H22Cl2N6S2. The number of hydrogen-bond acceptors (Lipinski definition) is 6. The molecule has 0 aliphatic heterocycles. The van der Waals surface area contributed by atoms with Crippen LogP contribution < -0.4 is 11.5 Å². The molecule has 0 aliphatic rings. The molecule has 0 radical (unpaired) electrons. The summed E-state index contributed by atoms with van der Waals surface area (Å²) in [6.45, 7) is 0. The van der Waals surface area contributed by atoms with Crippen molar-refractivity contribution in [2.45, 2.75) is 10.1 Å². The van der Waals surface area contributed by atoms with Gasteiger partial charge in [-0.2, -0.15) is 10.5 Å². The number of para-hydroxylation sites is 2. The molecule has 10 heteroatoms. The molecule has 6 rings (SSSR count). The van der Waals surface area contributed by atoms with E-state index >= 15 is 0 Å². The average Bonchev–Trinajstić information content (AvgIpc) is 3.50. The summed E-state index contributed by atoms with van der Waals surface area (Å²) in [6, 6.07) is 38.6. The second-order valence-electron chi connectivity index (χ2n) is 9.63. The van der Waals surface area contributed by atoms with E-state index in [0.717, 1.165) is 32.6 Å². The minimum atomic E-state index is 0.320. The Labute approximate surface area is 272 Å². The molecule has 2 aromatic heterocycles. The third kappa shape index (κ3) is 5.30. The molecule has 2 heterocycles. The first-order valence-corrected chi connectivity index (χ1v) is 16.2. The number of nitrogens with zero attached hydrogens (tertiary/aromatic N) is 4. The van der Waals surface area contributed by atoms with Crippen molar-refractivity contribution >= 4 is 56.4 Å². The zero-order chi connectivity index (χ0) is 30.8. The van der Waals surface area contributed by atoms with Crippen LogP contribution in [0.1, 0.15) is 11.1 Å². The molecule has 0 bridgehead atoms. The molecule has 214 valence electrons. The van der Waals surface area contributed by atoms with Gasteiger partial charge in [0.25, 0.3) is 0 Å². The van der Waals surface area contributed by atoms with Gasteiger partial charge in [-0.05, 0) is 81.2 Å². The number of nitrogen functional groups attached to an aromatic ring is 2. The summed E-state index contributed by atoms with van der Waals surface area (Å²) in [5, 5.41) is 23.3. The highest BCUT2D eigenvalue weighted by molar-refractivity contribution is 8.76. The summed E-state index contributed by atoms with van der Waals surface area (Å²) in [6.07, 6.45) is 0. The van der Waals surface area contributed by atoms with Crippen LogP contribution in [-0.4, -0.2) is 9.13 Å². The van der Waals surface area contributed by atoms with E-state index in [0.29, 0.717) is 43.9 Å². The largest absolute Gasteiger partial charge is 0.384 e. The lowest BCUT2D eigenvalue weighted by atomic mass is 10.1. The summed E-state index contributed by atoms with van der Waals surface area (Å²) >= 11 is 12.4. The maximum atomic E-state index is 10.3. The average molecular weight is 650 g/mol. The topological polar surface area (TPSA) is 109 Å². The lowest BCUT2D eigenvalue weighted by Gasteiger charge is -2.15. The summed E-state index contributed by atoms with van der Waals surface area (Å²) in [5.41, 5.74) is 18.7. The van der Waals surface area contributed by atoms with Gasteiger partial charge in [-0.15, -0.1) is 0 Å². The zero-order valence-electron chi connectivity index (χ0n) is 22.9. The fraction of sp³-hybridized carbons (Fsp3) is 0. The van der Waals surface area contributed by atoms with Crippen molar-refractivity contribution < 1.29 is 0 Å². The van der Waals surface area contributed by atoms with Gasteiger partial charge >= 0.3 is 0 Å². The quantitative estimate of drug-likeness (QED) is 0.167. The van der Waals surface area contributed by atoms with Gasteiger partial charge in [-0.1, -0.05) is 83.9 Å². The molecule has 0 saturated heterocycles. The summed E-state index contributed by atoms with van der Waals surface area (Å²) < 4.78 is 3.76. The van der Waals surface area contributed by atoms with Crippen molar-refractivity contribution in [2.24, 2.45) is 0 Å². The molecule has 6 aromatic rings. The smallest absolute Gasteiger partial charge is 0.127 e. The highest BCUT2D eigenvalue weighted by Gasteiger charge is 2.28. The number of rotatable bonds is 7. The Balaban J connectivity index is 1.60. The van der Waals surface area contributed by atoms with Crippen LogP contribution in [-0.2, 0) is 0 Å². The highest BCUT2D eigenvalue weighted by atomic mass is 35.5. The molecule has 0 saturated carbocycles. The minimum Gasteiger partial charge on any atom is -0.384 e. The number of hydrogen-bond donors (Lipinski definition) is 2. The number of anilines is 2. The first kappa shape index (κ1) is 29.4. The highest BCUT2D eigenvalue weighted by Crippen LogP contribution is 2.52. The van der Waals surface area contributed by atoms with Crippen molar-refractivity contribution in [1.82, 2.24) is 9.13 Å². The van der Waals surface area contributed by atoms with E-state index < -0.39 is 0 Å². The second kappa shape index (κ2) is 12.5. The van der Waals surface area contributed by atoms with Crippen LogP contribution in [0.3, 0.4) is 0 Å². The molecule has 6 nitrogen and oxygen atoms in total. The molecule has 0 spiro atoms. The molecule has 44 heavy (non-hydrogen) atoms. The van der Waals surface area contributed by atoms with E-state index in [-0.39, 0.29) is 0 Å². The summed E-state index contributed by atoms with van der Waals surface area (Å²) in [5.74, 6) is 0.640. The Morgan fingerprint density at radius 1 is 0.523 bits per heavy atom. The number of nitriles is 2. The van der Waals surface area contributed by atoms with E-state index in [1.807, 2.05) is 94.1 Å². The van der Waals surface area contributed by atoms with Crippen molar-refractivity contribution in [1.29, 1.82) is 10.5 Å². The molecule has 4 aromatic carbocycles. The van der Waals surface area contributed by atoms with Crippen LogP contribution in [0.5, 0.6) is 0 Å². The number of halogens is 2. The van der Waals surface area contributed by atoms with Gasteiger partial charge in [0.1, 0.15) is 45.0 Å². The Morgan fingerprint density at radius 3 is 1.18 bits per heavy atom. The van der Waals surface area contributed by atoms with E-state index in [2.05, 4.69) is 12.1 Å². The van der Waals surface area contributed by atoms with Gasteiger partial charge in [-0.25, -0.2) is 0 Å². The molecule has 0 unspecified atom stereocenters. The zero-order valence-corrected chi connectivity index (χ0v) is 26.1. The van der Waals surface area contributed by atoms with E-state index in [9.17, 15) is 10.5 Å².